The summed E-state index contributed by atoms with van der Waals surface area (Å²) in [4.78, 5) is 44.0. The minimum Gasteiger partial charge on any atom is -0.362 e. The van der Waals surface area contributed by atoms with Crippen LogP contribution in [0, 0.1) is 10.1 Å². The number of nitro benzene ring substituents is 1. The number of amides is 2. The predicted molar refractivity (Wildman–Crippen MR) is 126 cm³/mol. The Balaban J connectivity index is 1.25. The lowest BCUT2D eigenvalue weighted by Gasteiger charge is -2.38. The van der Waals surface area contributed by atoms with Crippen LogP contribution < -0.4 is 4.90 Å². The zero-order valence-electron chi connectivity index (χ0n) is 18.2. The molecule has 0 radical (unpaired) electrons. The van der Waals surface area contributed by atoms with E-state index in [0.717, 1.165) is 0 Å². The molecule has 2 fully saturated rings. The van der Waals surface area contributed by atoms with Crippen molar-refractivity contribution in [2.75, 3.05) is 63.8 Å². The Morgan fingerprint density at radius 1 is 0.879 bits per heavy atom. The minimum atomic E-state index is -0.371. The third-order valence-electron chi connectivity index (χ3n) is 6.14. The molecular formula is C23H26ClN5O4. The molecule has 2 aliphatic rings. The van der Waals surface area contributed by atoms with Gasteiger partial charge in [-0.3, -0.25) is 24.6 Å². The molecule has 2 aliphatic heterocycles. The van der Waals surface area contributed by atoms with Gasteiger partial charge in [-0.05, 0) is 24.3 Å². The monoisotopic (exact) mass is 471 g/mol. The van der Waals surface area contributed by atoms with Crippen LogP contribution in [0.5, 0.6) is 0 Å². The van der Waals surface area contributed by atoms with Gasteiger partial charge < -0.3 is 14.7 Å². The van der Waals surface area contributed by atoms with Gasteiger partial charge in [-0.2, -0.15) is 0 Å². The van der Waals surface area contributed by atoms with Gasteiger partial charge in [0.15, 0.2) is 0 Å². The maximum atomic E-state index is 12.8. The molecule has 9 nitrogen and oxygen atoms in total. The summed E-state index contributed by atoms with van der Waals surface area (Å²) in [7, 11) is 0. The van der Waals surface area contributed by atoms with Gasteiger partial charge in [0.1, 0.15) is 5.69 Å². The first kappa shape index (κ1) is 23.0. The molecule has 0 N–H and O–H groups in total. The average molecular weight is 472 g/mol. The Morgan fingerprint density at radius 2 is 1.55 bits per heavy atom. The quantitative estimate of drug-likeness (QED) is 0.491. The van der Waals surface area contributed by atoms with Gasteiger partial charge in [-0.15, -0.1) is 0 Å². The van der Waals surface area contributed by atoms with Gasteiger partial charge in [-0.1, -0.05) is 29.8 Å². The lowest BCUT2D eigenvalue weighted by Crippen LogP contribution is -2.54. The van der Waals surface area contributed by atoms with Gasteiger partial charge in [0.05, 0.1) is 11.5 Å². The number of piperazine rings is 2. The standard InChI is InChI=1S/C23H26ClN5O4/c24-19-5-3-4-18(16-19)23(31)28-10-8-25(9-11-28)17-22(30)27-14-12-26(13-15-27)20-6-1-2-7-21(20)29(32)33/h1-7,16H,8-15,17H2. The van der Waals surface area contributed by atoms with Crippen LogP contribution in [0.25, 0.3) is 0 Å². The van der Waals surface area contributed by atoms with Crippen LogP contribution in [0.3, 0.4) is 0 Å². The highest BCUT2D eigenvalue weighted by Gasteiger charge is 2.28. The molecule has 2 aromatic carbocycles. The Kier molecular flexibility index (Phi) is 7.10. The first-order chi connectivity index (χ1) is 15.9. The fourth-order valence-corrected chi connectivity index (χ4v) is 4.48. The first-order valence-corrected chi connectivity index (χ1v) is 11.3. The highest BCUT2D eigenvalue weighted by molar-refractivity contribution is 6.30. The molecule has 2 heterocycles. The van der Waals surface area contributed by atoms with E-state index in [1.165, 1.54) is 6.07 Å². The number of para-hydroxylation sites is 2. The van der Waals surface area contributed by atoms with Crippen molar-refractivity contribution < 1.29 is 14.5 Å². The lowest BCUT2D eigenvalue weighted by atomic mass is 10.2. The predicted octanol–water partition coefficient (Wildman–Crippen LogP) is 2.35. The van der Waals surface area contributed by atoms with Crippen molar-refractivity contribution in [2.45, 2.75) is 0 Å². The van der Waals surface area contributed by atoms with E-state index in [2.05, 4.69) is 4.90 Å². The fraction of sp³-hybridized carbons (Fsp3) is 0.391. The molecule has 0 saturated carbocycles. The van der Waals surface area contributed by atoms with E-state index in [0.29, 0.717) is 75.2 Å². The van der Waals surface area contributed by atoms with Crippen LogP contribution in [0.4, 0.5) is 11.4 Å². The molecule has 0 bridgehead atoms. The fourth-order valence-electron chi connectivity index (χ4n) is 4.29. The highest BCUT2D eigenvalue weighted by atomic mass is 35.5. The number of halogens is 1. The lowest BCUT2D eigenvalue weighted by molar-refractivity contribution is -0.384. The SMILES string of the molecule is O=C(CN1CCN(C(=O)c2cccc(Cl)c2)CC1)N1CCN(c2ccccc2[N+](=O)[O-])CC1. The van der Waals surface area contributed by atoms with E-state index < -0.39 is 0 Å². The van der Waals surface area contributed by atoms with Gasteiger partial charge in [0, 0.05) is 69.0 Å². The summed E-state index contributed by atoms with van der Waals surface area (Å²) in [6.45, 7) is 4.86. The topological polar surface area (TPSA) is 90.2 Å². The normalized spacial score (nSPS) is 17.2. The van der Waals surface area contributed by atoms with Crippen molar-refractivity contribution in [2.24, 2.45) is 0 Å². The summed E-state index contributed by atoms with van der Waals surface area (Å²) in [5, 5.41) is 11.8. The summed E-state index contributed by atoms with van der Waals surface area (Å²) < 4.78 is 0. The van der Waals surface area contributed by atoms with Crippen LogP contribution in [0.15, 0.2) is 48.5 Å². The number of carbonyl (C=O) groups excluding carboxylic acids is 2. The molecule has 4 rings (SSSR count). The van der Waals surface area contributed by atoms with Crippen molar-refractivity contribution in [3.05, 3.63) is 69.2 Å². The summed E-state index contributed by atoms with van der Waals surface area (Å²) in [5.74, 6) is 0.00133. The number of rotatable bonds is 5. The number of anilines is 1. The summed E-state index contributed by atoms with van der Waals surface area (Å²) in [6.07, 6.45) is 0. The van der Waals surface area contributed by atoms with Crippen LogP contribution in [-0.2, 0) is 4.79 Å². The van der Waals surface area contributed by atoms with Crippen LogP contribution in [-0.4, -0.2) is 90.3 Å². The van der Waals surface area contributed by atoms with E-state index in [1.807, 2.05) is 9.80 Å². The van der Waals surface area contributed by atoms with Crippen molar-refractivity contribution in [3.8, 4) is 0 Å². The van der Waals surface area contributed by atoms with Crippen molar-refractivity contribution in [1.29, 1.82) is 0 Å². The molecule has 2 amide bonds. The second-order valence-corrected chi connectivity index (χ2v) is 8.63. The van der Waals surface area contributed by atoms with Gasteiger partial charge in [0.2, 0.25) is 5.91 Å². The molecule has 2 aromatic rings. The highest BCUT2D eigenvalue weighted by Crippen LogP contribution is 2.28. The van der Waals surface area contributed by atoms with Crippen molar-refractivity contribution in [3.63, 3.8) is 0 Å². The Labute approximate surface area is 197 Å². The van der Waals surface area contributed by atoms with E-state index in [9.17, 15) is 19.7 Å². The molecule has 10 heteroatoms. The maximum Gasteiger partial charge on any atom is 0.292 e. The second kappa shape index (κ2) is 10.2. The van der Waals surface area contributed by atoms with Gasteiger partial charge >= 0.3 is 0 Å². The van der Waals surface area contributed by atoms with E-state index in [4.69, 9.17) is 11.6 Å². The van der Waals surface area contributed by atoms with E-state index in [-0.39, 0.29) is 22.4 Å². The molecule has 0 aliphatic carbocycles. The maximum absolute atomic E-state index is 12.8. The molecule has 2 saturated heterocycles. The molecule has 0 atom stereocenters. The zero-order valence-corrected chi connectivity index (χ0v) is 19.0. The van der Waals surface area contributed by atoms with Crippen molar-refractivity contribution >= 4 is 34.8 Å². The zero-order chi connectivity index (χ0) is 23.4. The molecule has 0 unspecified atom stereocenters. The summed E-state index contributed by atoms with van der Waals surface area (Å²) >= 11 is 5.99. The van der Waals surface area contributed by atoms with E-state index >= 15 is 0 Å². The van der Waals surface area contributed by atoms with Gasteiger partial charge in [0.25, 0.3) is 11.6 Å². The molecule has 33 heavy (non-hydrogen) atoms. The molecule has 174 valence electrons. The second-order valence-electron chi connectivity index (χ2n) is 8.19. The van der Waals surface area contributed by atoms with Crippen molar-refractivity contribution in [1.82, 2.24) is 14.7 Å². The average Bonchev–Trinajstić information content (AvgIpc) is 2.84. The summed E-state index contributed by atoms with van der Waals surface area (Å²) in [6, 6.07) is 13.6. The van der Waals surface area contributed by atoms with Crippen LogP contribution >= 0.6 is 11.6 Å². The third kappa shape index (κ3) is 5.43. The Bertz CT molecular complexity index is 1030. The largest absolute Gasteiger partial charge is 0.362 e. The first-order valence-electron chi connectivity index (χ1n) is 11.0. The Hall–Kier alpha value is -3.17. The number of carbonyl (C=O) groups is 2. The Morgan fingerprint density at radius 3 is 2.21 bits per heavy atom. The smallest absolute Gasteiger partial charge is 0.292 e. The van der Waals surface area contributed by atoms with Crippen LogP contribution in [0.1, 0.15) is 10.4 Å². The third-order valence-corrected chi connectivity index (χ3v) is 6.38. The minimum absolute atomic E-state index is 0.0467. The summed E-state index contributed by atoms with van der Waals surface area (Å²) in [5.41, 5.74) is 1.25. The molecular weight excluding hydrogens is 446 g/mol. The number of benzene rings is 2. The number of hydrogen-bond donors (Lipinski definition) is 0. The number of nitrogens with zero attached hydrogens (tertiary/aromatic N) is 5. The molecule has 0 spiro atoms. The van der Waals surface area contributed by atoms with Gasteiger partial charge in [-0.25, -0.2) is 0 Å². The number of hydrogen-bond acceptors (Lipinski definition) is 6. The van der Waals surface area contributed by atoms with E-state index in [1.54, 1.807) is 47.4 Å². The molecule has 0 aromatic heterocycles. The number of nitro groups is 1. The van der Waals surface area contributed by atoms with Crippen LogP contribution in [0.2, 0.25) is 5.02 Å².